The number of rotatable bonds is 6. The van der Waals surface area contributed by atoms with Gasteiger partial charge in [0.2, 0.25) is 5.91 Å². The molecule has 1 aliphatic heterocycles. The molecular formula is C19H26ClN3O3. The summed E-state index contributed by atoms with van der Waals surface area (Å²) in [5.41, 5.74) is 1.04. The van der Waals surface area contributed by atoms with Crippen molar-refractivity contribution in [1.82, 2.24) is 15.5 Å². The summed E-state index contributed by atoms with van der Waals surface area (Å²) in [6.45, 7) is 2.18. The molecule has 2 fully saturated rings. The summed E-state index contributed by atoms with van der Waals surface area (Å²) in [6.07, 6.45) is 4.62. The van der Waals surface area contributed by atoms with Gasteiger partial charge in [-0.2, -0.15) is 0 Å². The first kappa shape index (κ1) is 19.0. The number of benzene rings is 1. The van der Waals surface area contributed by atoms with E-state index in [-0.39, 0.29) is 24.6 Å². The Kier molecular flexibility index (Phi) is 6.74. The van der Waals surface area contributed by atoms with Gasteiger partial charge in [-0.3, -0.25) is 4.79 Å². The van der Waals surface area contributed by atoms with Gasteiger partial charge in [-0.05, 0) is 36.5 Å². The first-order valence-electron chi connectivity index (χ1n) is 9.29. The van der Waals surface area contributed by atoms with Gasteiger partial charge in [0, 0.05) is 24.7 Å². The molecule has 1 aromatic rings. The molecule has 7 heteroatoms. The van der Waals surface area contributed by atoms with Gasteiger partial charge < -0.3 is 20.3 Å². The van der Waals surface area contributed by atoms with Crippen LogP contribution in [0.3, 0.4) is 0 Å². The first-order chi connectivity index (χ1) is 12.6. The van der Waals surface area contributed by atoms with E-state index in [2.05, 4.69) is 10.6 Å². The molecule has 0 bridgehead atoms. The molecule has 3 amide bonds. The number of nitrogens with one attached hydrogen (secondary N) is 2. The fourth-order valence-electron chi connectivity index (χ4n) is 3.75. The third kappa shape index (κ3) is 5.11. The number of hydrogen-bond donors (Lipinski definition) is 2. The van der Waals surface area contributed by atoms with Crippen molar-refractivity contribution in [2.24, 2.45) is 5.92 Å². The average Bonchev–Trinajstić information content (AvgIpc) is 3.16. The molecule has 1 aromatic carbocycles. The van der Waals surface area contributed by atoms with Crippen LogP contribution in [0, 0.1) is 5.92 Å². The lowest BCUT2D eigenvalue weighted by atomic mass is 9.92. The highest BCUT2D eigenvalue weighted by Gasteiger charge is 2.28. The maximum atomic E-state index is 12.4. The van der Waals surface area contributed by atoms with Gasteiger partial charge in [-0.25, -0.2) is 4.79 Å². The Bertz CT molecular complexity index is 634. The topological polar surface area (TPSA) is 70.7 Å². The molecule has 1 atom stereocenters. The summed E-state index contributed by atoms with van der Waals surface area (Å²) in [5, 5.41) is 6.66. The number of morpholine rings is 1. The molecule has 0 radical (unpaired) electrons. The Balaban J connectivity index is 1.54. The SMILES string of the molecule is O=C(NCCN1CCOCC1=O)N[C@H](c1cccc(Cl)c1)C1CCCC1. The molecule has 0 spiro atoms. The van der Waals surface area contributed by atoms with Crippen molar-refractivity contribution in [1.29, 1.82) is 0 Å². The Morgan fingerprint density at radius 3 is 2.88 bits per heavy atom. The van der Waals surface area contributed by atoms with Crippen LogP contribution in [0.2, 0.25) is 5.02 Å². The smallest absolute Gasteiger partial charge is 0.315 e. The second kappa shape index (κ2) is 9.24. The van der Waals surface area contributed by atoms with Gasteiger partial charge in [-0.1, -0.05) is 36.6 Å². The van der Waals surface area contributed by atoms with Gasteiger partial charge in [0.15, 0.2) is 0 Å². The lowest BCUT2D eigenvalue weighted by molar-refractivity contribution is -0.142. The Morgan fingerprint density at radius 2 is 2.15 bits per heavy atom. The monoisotopic (exact) mass is 379 g/mol. The lowest BCUT2D eigenvalue weighted by Gasteiger charge is -2.28. The van der Waals surface area contributed by atoms with Crippen molar-refractivity contribution < 1.29 is 14.3 Å². The summed E-state index contributed by atoms with van der Waals surface area (Å²) in [7, 11) is 0. The minimum Gasteiger partial charge on any atom is -0.370 e. The fourth-order valence-corrected chi connectivity index (χ4v) is 3.95. The molecule has 1 aliphatic carbocycles. The zero-order chi connectivity index (χ0) is 18.4. The molecule has 6 nitrogen and oxygen atoms in total. The highest BCUT2D eigenvalue weighted by molar-refractivity contribution is 6.30. The summed E-state index contributed by atoms with van der Waals surface area (Å²) in [4.78, 5) is 25.8. The van der Waals surface area contributed by atoms with E-state index in [0.29, 0.717) is 37.2 Å². The number of ether oxygens (including phenoxy) is 1. The van der Waals surface area contributed by atoms with Crippen molar-refractivity contribution >= 4 is 23.5 Å². The van der Waals surface area contributed by atoms with Crippen molar-refractivity contribution in [3.8, 4) is 0 Å². The number of hydrogen-bond acceptors (Lipinski definition) is 3. The molecular weight excluding hydrogens is 354 g/mol. The van der Waals surface area contributed by atoms with Crippen LogP contribution in [0.4, 0.5) is 4.79 Å². The summed E-state index contributed by atoms with van der Waals surface area (Å²) in [5.74, 6) is 0.404. The van der Waals surface area contributed by atoms with Crippen LogP contribution in [0.5, 0.6) is 0 Å². The Labute approximate surface area is 159 Å². The number of urea groups is 1. The lowest BCUT2D eigenvalue weighted by Crippen LogP contribution is -2.47. The van der Waals surface area contributed by atoms with Gasteiger partial charge >= 0.3 is 6.03 Å². The van der Waals surface area contributed by atoms with Crippen LogP contribution < -0.4 is 10.6 Å². The zero-order valence-corrected chi connectivity index (χ0v) is 15.6. The molecule has 2 aliphatic rings. The van der Waals surface area contributed by atoms with Gasteiger partial charge in [0.1, 0.15) is 6.61 Å². The van der Waals surface area contributed by atoms with Crippen LogP contribution in [0.15, 0.2) is 24.3 Å². The zero-order valence-electron chi connectivity index (χ0n) is 14.9. The van der Waals surface area contributed by atoms with Crippen LogP contribution in [-0.2, 0) is 9.53 Å². The number of halogens is 1. The third-order valence-corrected chi connectivity index (χ3v) is 5.35. The van der Waals surface area contributed by atoms with Crippen molar-refractivity contribution in [2.75, 3.05) is 32.8 Å². The third-order valence-electron chi connectivity index (χ3n) is 5.12. The number of carbonyl (C=O) groups is 2. The average molecular weight is 380 g/mol. The second-order valence-electron chi connectivity index (χ2n) is 6.91. The minimum absolute atomic E-state index is 0.0267. The Hall–Kier alpha value is -1.79. The number of nitrogens with zero attached hydrogens (tertiary/aromatic N) is 1. The van der Waals surface area contributed by atoms with Gasteiger partial charge in [0.25, 0.3) is 0 Å². The van der Waals surface area contributed by atoms with Crippen LogP contribution >= 0.6 is 11.6 Å². The molecule has 3 rings (SSSR count). The van der Waals surface area contributed by atoms with Crippen molar-refractivity contribution in [3.05, 3.63) is 34.9 Å². The van der Waals surface area contributed by atoms with Gasteiger partial charge in [-0.15, -0.1) is 0 Å². The van der Waals surface area contributed by atoms with E-state index >= 15 is 0 Å². The van der Waals surface area contributed by atoms with E-state index in [1.807, 2.05) is 24.3 Å². The van der Waals surface area contributed by atoms with E-state index in [1.165, 1.54) is 12.8 Å². The normalized spacial score (nSPS) is 19.4. The number of amides is 3. The highest BCUT2D eigenvalue weighted by atomic mass is 35.5. The summed E-state index contributed by atoms with van der Waals surface area (Å²) < 4.78 is 5.11. The van der Waals surface area contributed by atoms with Gasteiger partial charge in [0.05, 0.1) is 12.6 Å². The molecule has 1 saturated carbocycles. The largest absolute Gasteiger partial charge is 0.370 e. The highest BCUT2D eigenvalue weighted by Crippen LogP contribution is 2.36. The molecule has 142 valence electrons. The van der Waals surface area contributed by atoms with Crippen molar-refractivity contribution in [3.63, 3.8) is 0 Å². The predicted octanol–water partition coefficient (Wildman–Crippen LogP) is 2.73. The predicted molar refractivity (Wildman–Crippen MR) is 100 cm³/mol. The van der Waals surface area contributed by atoms with Crippen LogP contribution in [-0.4, -0.2) is 49.7 Å². The second-order valence-corrected chi connectivity index (χ2v) is 7.35. The summed E-state index contributed by atoms with van der Waals surface area (Å²) in [6, 6.07) is 7.46. The van der Waals surface area contributed by atoms with E-state index in [0.717, 1.165) is 18.4 Å². The molecule has 1 saturated heterocycles. The molecule has 26 heavy (non-hydrogen) atoms. The first-order valence-corrected chi connectivity index (χ1v) is 9.66. The molecule has 0 unspecified atom stereocenters. The van der Waals surface area contributed by atoms with Crippen LogP contribution in [0.25, 0.3) is 0 Å². The number of carbonyl (C=O) groups excluding carboxylic acids is 2. The minimum atomic E-state index is -0.206. The van der Waals surface area contributed by atoms with E-state index in [1.54, 1.807) is 4.90 Å². The standard InChI is InChI=1S/C19H26ClN3O3/c20-16-7-3-6-15(12-16)18(14-4-1-2-5-14)22-19(25)21-8-9-23-10-11-26-13-17(23)24/h3,6-7,12,14,18H,1-2,4-5,8-11,13H2,(H2,21,22,25)/t18-/m0/s1. The molecule has 1 heterocycles. The maximum Gasteiger partial charge on any atom is 0.315 e. The fraction of sp³-hybridized carbons (Fsp3) is 0.579. The molecule has 0 aromatic heterocycles. The molecule has 2 N–H and O–H groups in total. The van der Waals surface area contributed by atoms with Crippen LogP contribution in [0.1, 0.15) is 37.3 Å². The van der Waals surface area contributed by atoms with E-state index < -0.39 is 0 Å². The Morgan fingerprint density at radius 1 is 1.35 bits per heavy atom. The summed E-state index contributed by atoms with van der Waals surface area (Å²) >= 11 is 6.14. The van der Waals surface area contributed by atoms with E-state index in [4.69, 9.17) is 16.3 Å². The quantitative estimate of drug-likeness (QED) is 0.798. The maximum absolute atomic E-state index is 12.4. The van der Waals surface area contributed by atoms with E-state index in [9.17, 15) is 9.59 Å². The van der Waals surface area contributed by atoms with Crippen molar-refractivity contribution in [2.45, 2.75) is 31.7 Å².